The molecule has 0 aliphatic carbocycles. The van der Waals surface area contributed by atoms with Crippen LogP contribution in [0.1, 0.15) is 127 Å². The van der Waals surface area contributed by atoms with Gasteiger partial charge in [-0.25, -0.2) is 0 Å². The molecule has 71 heavy (non-hydrogen) atoms. The van der Waals surface area contributed by atoms with Crippen LogP contribution >= 0.6 is 18.9 Å². The molecule has 6 amide bonds. The molecule has 3 fully saturated rings. The molecule has 15 nitrogen and oxygen atoms in total. The van der Waals surface area contributed by atoms with Gasteiger partial charge in [-0.1, -0.05) is 81.5 Å². The number of nitrogens with one attached hydrogen (secondary N) is 2. The summed E-state index contributed by atoms with van der Waals surface area (Å²) < 4.78 is 47.5. The minimum absolute atomic E-state index is 0.0960. The number of rotatable bonds is 14. The van der Waals surface area contributed by atoms with E-state index in [-0.39, 0.29) is 66.3 Å². The smallest absolute Gasteiger partial charge is 0.376 e. The normalized spacial score (nSPS) is 21.2. The Labute approximate surface area is 414 Å². The summed E-state index contributed by atoms with van der Waals surface area (Å²) in [6.07, 6.45) is 4.80. The Kier molecular flexibility index (Phi) is 15.3. The molecule has 0 bridgehead atoms. The molecule has 3 aromatic carbocycles. The van der Waals surface area contributed by atoms with E-state index in [1.54, 1.807) is 32.9 Å². The fraction of sp³-hybridized carbons (Fsp3) is 0.462. The van der Waals surface area contributed by atoms with Gasteiger partial charge in [-0.2, -0.15) is 8.78 Å². The van der Waals surface area contributed by atoms with Gasteiger partial charge in [0.05, 0.1) is 11.0 Å². The molecule has 3 saturated heterocycles. The number of halogens is 2. The second kappa shape index (κ2) is 21.1. The van der Waals surface area contributed by atoms with Crippen molar-refractivity contribution in [1.82, 2.24) is 25.3 Å². The number of unbranched alkanes of at least 4 members (excludes halogenated alkanes) is 3. The topological polar surface area (TPSA) is 203 Å². The predicted octanol–water partition coefficient (Wildman–Crippen LogP) is 7.04. The van der Waals surface area contributed by atoms with E-state index in [2.05, 4.69) is 34.6 Å². The van der Waals surface area contributed by atoms with Crippen molar-refractivity contribution in [2.45, 2.75) is 121 Å². The molecular formula is C52H58F2N5O10PS. The molecule has 1 unspecified atom stereocenters. The maximum atomic E-state index is 14.9. The van der Waals surface area contributed by atoms with Crippen molar-refractivity contribution in [2.75, 3.05) is 26.2 Å². The molecular weight excluding hydrogens is 956 g/mol. The van der Waals surface area contributed by atoms with E-state index in [1.807, 2.05) is 29.2 Å². The summed E-state index contributed by atoms with van der Waals surface area (Å²) in [7, 11) is -5.83. The van der Waals surface area contributed by atoms with Gasteiger partial charge < -0.3 is 34.5 Å². The molecule has 1 aromatic heterocycles. The first-order chi connectivity index (χ1) is 33.7. The number of likely N-dealkylation sites (tertiary alicyclic amines) is 2. The first-order valence-corrected chi connectivity index (χ1v) is 26.4. The first-order valence-electron chi connectivity index (χ1n) is 24.0. The van der Waals surface area contributed by atoms with E-state index >= 15 is 0 Å². The number of carbonyl (C=O) groups excluding carboxylic acids is 6. The minimum Gasteiger partial charge on any atom is -0.376 e. The monoisotopic (exact) mass is 1010 g/mol. The summed E-state index contributed by atoms with van der Waals surface area (Å²) in [5.74, 6) is 4.19. The van der Waals surface area contributed by atoms with E-state index in [9.17, 15) is 51.9 Å². The molecule has 5 heterocycles. The van der Waals surface area contributed by atoms with Crippen LogP contribution in [0.15, 0.2) is 72.8 Å². The third kappa shape index (κ3) is 11.3. The lowest BCUT2D eigenvalue weighted by Crippen LogP contribution is -2.58. The number of hydrogen-bond acceptors (Lipinski definition) is 9. The molecule has 5 atom stereocenters. The molecule has 0 spiro atoms. The molecule has 4 aliphatic rings. The highest BCUT2D eigenvalue weighted by atomic mass is 32.1. The largest absolute Gasteiger partial charge is 0.399 e. The van der Waals surface area contributed by atoms with Crippen LogP contribution in [0.3, 0.4) is 0 Å². The maximum absolute atomic E-state index is 14.9. The number of alkyl halides is 2. The summed E-state index contributed by atoms with van der Waals surface area (Å²) >= 11 is 0.981. The van der Waals surface area contributed by atoms with Crippen LogP contribution in [-0.4, -0.2) is 110 Å². The number of ether oxygens (including phenoxy) is 1. The summed E-state index contributed by atoms with van der Waals surface area (Å²) in [5, 5.41) is 5.37. The van der Waals surface area contributed by atoms with Crippen LogP contribution in [0.4, 0.5) is 8.78 Å². The lowest BCUT2D eigenvalue weighted by atomic mass is 9.85. The number of carbonyl (C=O) groups is 6. The van der Waals surface area contributed by atoms with Crippen LogP contribution in [0.2, 0.25) is 0 Å². The highest BCUT2D eigenvalue weighted by Crippen LogP contribution is 2.59. The van der Waals surface area contributed by atoms with Crippen LogP contribution in [0, 0.1) is 17.3 Å². The first kappa shape index (κ1) is 51.5. The fourth-order valence-electron chi connectivity index (χ4n) is 9.91. The summed E-state index contributed by atoms with van der Waals surface area (Å²) in [5.41, 5.74) is -3.05. The highest BCUT2D eigenvalue weighted by molar-refractivity contribution is 7.52. The molecule has 4 N–H and O–H groups in total. The lowest BCUT2D eigenvalue weighted by molar-refractivity contribution is -0.146. The number of nitrogens with zero attached hydrogens (tertiary/aromatic N) is 3. The second-order valence-corrected chi connectivity index (χ2v) is 22.6. The Morgan fingerprint density at radius 2 is 1.75 bits per heavy atom. The molecule has 376 valence electrons. The SMILES string of the molecule is CC(C)(C)[C@H](NC(=O)c1cc2cc(C(F)(F)P(=O)(O)O)ccc2s1)C(=O)N1C[C@H](OCCCCCC#Cc2cccc3c2CN(C2CCC(=O)NC2=O)C3=O)C[C@H]1C(=O)N1CCC[C@H](c2ccccc2)C1. The zero-order valence-corrected chi connectivity index (χ0v) is 41.5. The molecule has 4 aliphatic heterocycles. The summed E-state index contributed by atoms with van der Waals surface area (Å²) in [4.78, 5) is 104. The number of hydrogen-bond donors (Lipinski definition) is 4. The Bertz CT molecular complexity index is 2840. The molecule has 19 heteroatoms. The highest BCUT2D eigenvalue weighted by Gasteiger charge is 2.51. The third-order valence-electron chi connectivity index (χ3n) is 13.8. The van der Waals surface area contributed by atoms with Gasteiger partial charge >= 0.3 is 13.3 Å². The number of piperidine rings is 2. The Hall–Kier alpha value is -5.83. The molecule has 0 saturated carbocycles. The average Bonchev–Trinajstić information content (AvgIpc) is 4.06. The van der Waals surface area contributed by atoms with Crippen LogP contribution < -0.4 is 10.6 Å². The Morgan fingerprint density at radius 1 is 0.972 bits per heavy atom. The van der Waals surface area contributed by atoms with E-state index in [4.69, 9.17) is 4.74 Å². The number of fused-ring (bicyclic) bond motifs is 2. The maximum Gasteiger partial charge on any atom is 0.399 e. The Balaban J connectivity index is 0.912. The van der Waals surface area contributed by atoms with Crippen molar-refractivity contribution in [2.24, 2.45) is 5.41 Å². The van der Waals surface area contributed by atoms with Gasteiger partial charge in [0.1, 0.15) is 18.1 Å². The molecule has 4 aromatic rings. The van der Waals surface area contributed by atoms with E-state index in [0.29, 0.717) is 42.8 Å². The number of thiophene rings is 1. The van der Waals surface area contributed by atoms with Gasteiger partial charge in [0.2, 0.25) is 23.6 Å². The number of benzene rings is 3. The number of imide groups is 1. The van der Waals surface area contributed by atoms with Crippen molar-refractivity contribution >= 4 is 64.5 Å². The van der Waals surface area contributed by atoms with Crippen molar-refractivity contribution in [3.63, 3.8) is 0 Å². The quantitative estimate of drug-likeness (QED) is 0.0439. The Morgan fingerprint density at radius 3 is 2.48 bits per heavy atom. The van der Waals surface area contributed by atoms with Gasteiger partial charge in [0.15, 0.2) is 0 Å². The zero-order chi connectivity index (χ0) is 50.8. The van der Waals surface area contributed by atoms with E-state index in [1.165, 1.54) is 21.9 Å². The third-order valence-corrected chi connectivity index (χ3v) is 15.9. The van der Waals surface area contributed by atoms with Gasteiger partial charge in [-0.15, -0.1) is 11.3 Å². The van der Waals surface area contributed by atoms with Crippen molar-refractivity contribution in [3.05, 3.63) is 105 Å². The standard InChI is InChI=1S/C52H58F2N5O10PS/c1-51(2,3)45(56-47(62)43-27-35-26-36(20-22-42(35)71-43)52(53,54)70(66,67)68)50(65)58-30-37(28-41(58)49(64)57-24-13-18-34(29-57)32-14-9-7-10-15-32)69-25-11-6-4-5-8-16-33-17-12-19-38-39(33)31-59(48(38)63)40-21-23-44(60)55-46(40)61/h7,9-10,12,14-15,17,19-20,22,26-27,34,37,40-41,45H,4-6,11,13,18,21,23-25,28-31H2,1-3H3,(H,56,62)(H,55,60,61)(H2,66,67,68)/t34-,37+,40?,41-,45+/m0/s1. The van der Waals surface area contributed by atoms with Crippen LogP contribution in [-0.2, 0) is 40.7 Å². The van der Waals surface area contributed by atoms with Gasteiger partial charge in [-0.05, 0) is 84.4 Å². The van der Waals surface area contributed by atoms with Gasteiger partial charge in [-0.3, -0.25) is 38.6 Å². The van der Waals surface area contributed by atoms with Crippen molar-refractivity contribution < 1.29 is 56.6 Å². The van der Waals surface area contributed by atoms with E-state index in [0.717, 1.165) is 65.8 Å². The lowest BCUT2D eigenvalue weighted by Gasteiger charge is -2.38. The minimum atomic E-state index is -5.83. The van der Waals surface area contributed by atoms with Crippen molar-refractivity contribution in [1.29, 1.82) is 0 Å². The number of amides is 6. The summed E-state index contributed by atoms with van der Waals surface area (Å²) in [6.45, 7) is 7.14. The zero-order valence-electron chi connectivity index (χ0n) is 39.8. The van der Waals surface area contributed by atoms with Gasteiger partial charge in [0.25, 0.3) is 11.8 Å². The van der Waals surface area contributed by atoms with Crippen LogP contribution in [0.25, 0.3) is 10.1 Å². The average molecular weight is 1010 g/mol. The van der Waals surface area contributed by atoms with Crippen LogP contribution in [0.5, 0.6) is 0 Å². The van der Waals surface area contributed by atoms with Crippen molar-refractivity contribution in [3.8, 4) is 11.8 Å². The molecule has 0 radical (unpaired) electrons. The molecule has 8 rings (SSSR count). The summed E-state index contributed by atoms with van der Waals surface area (Å²) in [6, 6.07) is 17.2. The second-order valence-electron chi connectivity index (χ2n) is 19.8. The fourth-order valence-corrected chi connectivity index (χ4v) is 11.3. The predicted molar refractivity (Wildman–Crippen MR) is 261 cm³/mol. The van der Waals surface area contributed by atoms with E-state index < -0.39 is 66.2 Å². The van der Waals surface area contributed by atoms with Gasteiger partial charge in [0, 0.05) is 79.4 Å².